The summed E-state index contributed by atoms with van der Waals surface area (Å²) in [6.07, 6.45) is 0. The van der Waals surface area contributed by atoms with Crippen molar-refractivity contribution in [2.45, 2.75) is 13.8 Å². The minimum atomic E-state index is -0.681. The Balaban J connectivity index is 2.63. The number of esters is 1. The minimum absolute atomic E-state index is 0.0532. The number of rotatable bonds is 5. The van der Waals surface area contributed by atoms with E-state index in [1.807, 2.05) is 25.1 Å². The van der Waals surface area contributed by atoms with E-state index in [2.05, 4.69) is 0 Å². The Bertz CT molecular complexity index is 868. The average Bonchev–Trinajstić information content (AvgIpc) is 2.58. The summed E-state index contributed by atoms with van der Waals surface area (Å²) in [5, 5.41) is 1.58. The fraction of sp³-hybridized carbons (Fsp3) is 0.167. The fourth-order valence-electron chi connectivity index (χ4n) is 2.37. The molecule has 0 saturated carbocycles. The monoisotopic (exact) mass is 394 g/mol. The number of nitrogen functional groups attached to an aromatic ring is 1. The van der Waals surface area contributed by atoms with Gasteiger partial charge in [0.05, 0.1) is 33.7 Å². The highest BCUT2D eigenvalue weighted by Gasteiger charge is 2.24. The lowest BCUT2D eigenvalue weighted by atomic mass is 10.1. The summed E-state index contributed by atoms with van der Waals surface area (Å²) in [4.78, 5) is 12.5. The summed E-state index contributed by atoms with van der Waals surface area (Å²) in [7, 11) is 0. The van der Waals surface area contributed by atoms with Crippen LogP contribution in [0.4, 0.5) is 11.4 Å². The van der Waals surface area contributed by atoms with Gasteiger partial charge < -0.3 is 16.2 Å². The third-order valence-corrected chi connectivity index (χ3v) is 4.35. The Hall–Kier alpha value is -2.41. The highest BCUT2D eigenvalue weighted by atomic mass is 35.5. The SMILES string of the molecule is CCOC(=O)/C(=C(\N)c1cccc(C)c1)N(N)c1cc(Cl)c(Cl)cc1N. The van der Waals surface area contributed by atoms with Crippen LogP contribution in [-0.4, -0.2) is 12.6 Å². The number of hydrogen-bond donors (Lipinski definition) is 3. The van der Waals surface area contributed by atoms with Crippen LogP contribution >= 0.6 is 23.2 Å². The molecule has 6 nitrogen and oxygen atoms in total. The van der Waals surface area contributed by atoms with Crippen molar-refractivity contribution in [3.8, 4) is 0 Å². The molecule has 8 heteroatoms. The Labute approximate surface area is 162 Å². The number of ether oxygens (including phenoxy) is 1. The first-order valence-corrected chi connectivity index (χ1v) is 8.55. The molecule has 0 aliphatic heterocycles. The van der Waals surface area contributed by atoms with E-state index in [1.54, 1.807) is 13.0 Å². The molecule has 0 heterocycles. The van der Waals surface area contributed by atoms with E-state index in [0.717, 1.165) is 10.6 Å². The number of carbonyl (C=O) groups excluding carboxylic acids is 1. The van der Waals surface area contributed by atoms with Crippen LogP contribution in [-0.2, 0) is 9.53 Å². The van der Waals surface area contributed by atoms with Gasteiger partial charge in [-0.25, -0.2) is 10.6 Å². The van der Waals surface area contributed by atoms with Crippen LogP contribution in [0.25, 0.3) is 5.70 Å². The first kappa shape index (κ1) is 19.9. The number of anilines is 2. The average molecular weight is 395 g/mol. The Kier molecular flexibility index (Phi) is 6.37. The second-order valence-electron chi connectivity index (χ2n) is 5.55. The molecular weight excluding hydrogens is 375 g/mol. The van der Waals surface area contributed by atoms with E-state index in [4.69, 9.17) is 45.2 Å². The van der Waals surface area contributed by atoms with Gasteiger partial charge in [0.1, 0.15) is 0 Å². The maximum absolute atomic E-state index is 12.5. The van der Waals surface area contributed by atoms with Gasteiger partial charge in [-0.15, -0.1) is 0 Å². The molecule has 0 unspecified atom stereocenters. The molecule has 0 atom stereocenters. The number of hydrogen-bond acceptors (Lipinski definition) is 6. The Morgan fingerprint density at radius 1 is 1.19 bits per heavy atom. The molecule has 0 saturated heterocycles. The predicted molar refractivity (Wildman–Crippen MR) is 106 cm³/mol. The summed E-state index contributed by atoms with van der Waals surface area (Å²) in [5.74, 6) is 5.50. The zero-order valence-corrected chi connectivity index (χ0v) is 15.9. The second kappa shape index (κ2) is 8.31. The standard InChI is InChI=1S/C18H20Cl2N4O2/c1-3-26-18(25)17(16(22)11-6-4-5-10(2)7-11)24(23)15-9-13(20)12(19)8-14(15)21/h4-9H,3,21-23H2,1-2H3/b17-16+. The molecule has 0 aliphatic rings. The molecule has 2 rings (SSSR count). The van der Waals surface area contributed by atoms with Gasteiger partial charge in [0.2, 0.25) is 0 Å². The van der Waals surface area contributed by atoms with Gasteiger partial charge in [0, 0.05) is 5.56 Å². The third kappa shape index (κ3) is 4.22. The minimum Gasteiger partial charge on any atom is -0.461 e. The van der Waals surface area contributed by atoms with E-state index in [9.17, 15) is 4.79 Å². The topological polar surface area (TPSA) is 108 Å². The van der Waals surface area contributed by atoms with Gasteiger partial charge in [0.25, 0.3) is 0 Å². The van der Waals surface area contributed by atoms with Crippen LogP contribution in [0.2, 0.25) is 10.0 Å². The zero-order valence-electron chi connectivity index (χ0n) is 14.4. The zero-order chi connectivity index (χ0) is 19.4. The van der Waals surface area contributed by atoms with Crippen LogP contribution in [0.3, 0.4) is 0 Å². The molecule has 138 valence electrons. The lowest BCUT2D eigenvalue weighted by molar-refractivity contribution is -0.138. The van der Waals surface area contributed by atoms with E-state index in [1.165, 1.54) is 12.1 Å². The molecule has 0 aliphatic carbocycles. The van der Waals surface area contributed by atoms with Crippen molar-refractivity contribution in [3.63, 3.8) is 0 Å². The van der Waals surface area contributed by atoms with Crippen LogP contribution < -0.4 is 22.3 Å². The Morgan fingerprint density at radius 3 is 2.46 bits per heavy atom. The smallest absolute Gasteiger partial charge is 0.358 e. The largest absolute Gasteiger partial charge is 0.461 e. The van der Waals surface area contributed by atoms with Gasteiger partial charge in [-0.05, 0) is 32.0 Å². The summed E-state index contributed by atoms with van der Waals surface area (Å²) in [5.41, 5.74) is 14.5. The van der Waals surface area contributed by atoms with Crippen molar-refractivity contribution >= 4 is 46.2 Å². The molecule has 0 aromatic heterocycles. The summed E-state index contributed by atoms with van der Waals surface area (Å²) in [6, 6.07) is 10.3. The first-order valence-electron chi connectivity index (χ1n) is 7.79. The van der Waals surface area contributed by atoms with Crippen molar-refractivity contribution in [2.24, 2.45) is 11.6 Å². The highest BCUT2D eigenvalue weighted by molar-refractivity contribution is 6.42. The van der Waals surface area contributed by atoms with Crippen molar-refractivity contribution in [1.82, 2.24) is 0 Å². The van der Waals surface area contributed by atoms with Crippen LogP contribution in [0.15, 0.2) is 42.1 Å². The van der Waals surface area contributed by atoms with Gasteiger partial charge >= 0.3 is 5.97 Å². The maximum atomic E-state index is 12.5. The molecule has 6 N–H and O–H groups in total. The fourth-order valence-corrected chi connectivity index (χ4v) is 2.70. The number of halogens is 2. The second-order valence-corrected chi connectivity index (χ2v) is 6.36. The number of nitrogens with two attached hydrogens (primary N) is 3. The van der Waals surface area contributed by atoms with Gasteiger partial charge in [-0.2, -0.15) is 0 Å². The normalized spacial score (nSPS) is 11.7. The molecule has 2 aromatic carbocycles. The summed E-state index contributed by atoms with van der Waals surface area (Å²) < 4.78 is 5.12. The van der Waals surface area contributed by atoms with E-state index in [0.29, 0.717) is 5.56 Å². The van der Waals surface area contributed by atoms with Crippen molar-refractivity contribution in [2.75, 3.05) is 17.3 Å². The molecular formula is C18H20Cl2N4O2. The van der Waals surface area contributed by atoms with Crippen LogP contribution in [0.5, 0.6) is 0 Å². The van der Waals surface area contributed by atoms with Crippen LogP contribution in [0.1, 0.15) is 18.1 Å². The lowest BCUT2D eigenvalue weighted by Crippen LogP contribution is -2.37. The Morgan fingerprint density at radius 2 is 1.85 bits per heavy atom. The van der Waals surface area contributed by atoms with E-state index < -0.39 is 5.97 Å². The molecule has 0 fully saturated rings. The molecule has 0 radical (unpaired) electrons. The van der Waals surface area contributed by atoms with Crippen molar-refractivity contribution in [3.05, 3.63) is 63.3 Å². The van der Waals surface area contributed by atoms with E-state index >= 15 is 0 Å². The third-order valence-electron chi connectivity index (χ3n) is 3.62. The number of benzene rings is 2. The number of carbonyl (C=O) groups is 1. The van der Waals surface area contributed by atoms with Crippen molar-refractivity contribution < 1.29 is 9.53 Å². The maximum Gasteiger partial charge on any atom is 0.358 e. The molecule has 2 aromatic rings. The van der Waals surface area contributed by atoms with E-state index in [-0.39, 0.29) is 39.4 Å². The number of hydrazine groups is 1. The molecule has 0 amide bonds. The van der Waals surface area contributed by atoms with Gasteiger partial charge in [0.15, 0.2) is 5.70 Å². The quantitative estimate of drug-likeness (QED) is 0.235. The summed E-state index contributed by atoms with van der Waals surface area (Å²) >= 11 is 12.0. The highest BCUT2D eigenvalue weighted by Crippen LogP contribution is 2.34. The van der Waals surface area contributed by atoms with Crippen LogP contribution in [0, 0.1) is 6.92 Å². The molecule has 0 spiro atoms. The summed E-state index contributed by atoms with van der Waals surface area (Å²) in [6.45, 7) is 3.76. The number of aryl methyl sites for hydroxylation is 1. The van der Waals surface area contributed by atoms with Gasteiger partial charge in [-0.3, -0.25) is 5.01 Å². The first-order chi connectivity index (χ1) is 12.3. The number of nitrogens with zero attached hydrogens (tertiary/aromatic N) is 1. The molecule has 0 bridgehead atoms. The lowest BCUT2D eigenvalue weighted by Gasteiger charge is -2.24. The van der Waals surface area contributed by atoms with Crippen molar-refractivity contribution in [1.29, 1.82) is 0 Å². The van der Waals surface area contributed by atoms with Gasteiger partial charge in [-0.1, -0.05) is 47.0 Å². The predicted octanol–water partition coefficient (Wildman–Crippen LogP) is 3.45. The molecule has 26 heavy (non-hydrogen) atoms.